The van der Waals surface area contributed by atoms with E-state index in [0.29, 0.717) is 10.8 Å². The Hall–Kier alpha value is -1.45. The van der Waals surface area contributed by atoms with Crippen molar-refractivity contribution in [2.45, 2.75) is 11.7 Å². The van der Waals surface area contributed by atoms with Crippen LogP contribution in [0.15, 0.2) is 54.6 Å². The largest absolute Gasteiger partial charge is 0.481 e. The molecule has 0 saturated carbocycles. The fourth-order valence-electron chi connectivity index (χ4n) is 1.87. The van der Waals surface area contributed by atoms with Crippen LogP contribution in [0.3, 0.4) is 0 Å². The molecule has 0 heterocycles. The molecule has 1 N–H and O–H groups in total. The van der Waals surface area contributed by atoms with Crippen molar-refractivity contribution in [3.05, 3.63) is 70.7 Å². The Morgan fingerprint density at radius 2 is 1.75 bits per heavy atom. The summed E-state index contributed by atoms with van der Waals surface area (Å²) in [6.45, 7) is 0. The Morgan fingerprint density at radius 1 is 1.10 bits per heavy atom. The molecule has 0 aliphatic heterocycles. The first-order chi connectivity index (χ1) is 9.66. The molecule has 0 aliphatic rings. The van der Waals surface area contributed by atoms with Crippen molar-refractivity contribution in [1.29, 1.82) is 0 Å². The number of rotatable bonds is 6. The van der Waals surface area contributed by atoms with Crippen molar-refractivity contribution in [3.63, 3.8) is 0 Å². The van der Waals surface area contributed by atoms with Gasteiger partial charge in [-0.2, -0.15) is 11.8 Å². The van der Waals surface area contributed by atoms with E-state index in [1.165, 1.54) is 0 Å². The fourth-order valence-corrected chi connectivity index (χ4v) is 3.11. The lowest BCUT2D eigenvalue weighted by atomic mass is 10.0. The van der Waals surface area contributed by atoms with Crippen molar-refractivity contribution < 1.29 is 9.90 Å². The normalized spacial score (nSPS) is 12.1. The zero-order valence-corrected chi connectivity index (χ0v) is 12.4. The molecule has 1 unspecified atom stereocenters. The van der Waals surface area contributed by atoms with Crippen LogP contribution >= 0.6 is 23.4 Å². The zero-order valence-electron chi connectivity index (χ0n) is 10.8. The third kappa shape index (κ3) is 4.29. The molecule has 0 aromatic heterocycles. The lowest BCUT2D eigenvalue weighted by molar-refractivity contribution is -0.138. The molecule has 2 nitrogen and oxygen atoms in total. The summed E-state index contributed by atoms with van der Waals surface area (Å²) in [4.78, 5) is 11.4. The van der Waals surface area contributed by atoms with E-state index in [0.717, 1.165) is 16.9 Å². The van der Waals surface area contributed by atoms with Crippen LogP contribution in [-0.2, 0) is 10.5 Å². The molecule has 0 fully saturated rings. The van der Waals surface area contributed by atoms with Crippen LogP contribution in [0.5, 0.6) is 0 Å². The second kappa shape index (κ2) is 7.36. The molecule has 20 heavy (non-hydrogen) atoms. The monoisotopic (exact) mass is 306 g/mol. The van der Waals surface area contributed by atoms with E-state index in [4.69, 9.17) is 11.6 Å². The Morgan fingerprint density at radius 3 is 2.35 bits per heavy atom. The summed E-state index contributed by atoms with van der Waals surface area (Å²) in [7, 11) is 0. The first-order valence-electron chi connectivity index (χ1n) is 6.27. The summed E-state index contributed by atoms with van der Waals surface area (Å²) in [5, 5.41) is 10.0. The van der Waals surface area contributed by atoms with Gasteiger partial charge in [0.25, 0.3) is 0 Å². The van der Waals surface area contributed by atoms with E-state index in [1.54, 1.807) is 11.8 Å². The summed E-state index contributed by atoms with van der Waals surface area (Å²) < 4.78 is 0. The van der Waals surface area contributed by atoms with Gasteiger partial charge in [-0.1, -0.05) is 54.1 Å². The Labute approximate surface area is 127 Å². The van der Waals surface area contributed by atoms with E-state index in [1.807, 2.05) is 54.6 Å². The number of carbonyl (C=O) groups is 1. The van der Waals surface area contributed by atoms with Crippen molar-refractivity contribution in [2.75, 3.05) is 5.75 Å². The number of hydrogen-bond donors (Lipinski definition) is 1. The first kappa shape index (κ1) is 14.9. The minimum absolute atomic E-state index is 0.464. The summed E-state index contributed by atoms with van der Waals surface area (Å²) in [5.41, 5.74) is 2.00. The molecule has 2 aromatic rings. The first-order valence-corrected chi connectivity index (χ1v) is 7.80. The average Bonchev–Trinajstić information content (AvgIpc) is 2.46. The van der Waals surface area contributed by atoms with E-state index >= 15 is 0 Å². The molecule has 0 saturated heterocycles. The molecule has 2 rings (SSSR count). The van der Waals surface area contributed by atoms with Crippen LogP contribution in [-0.4, -0.2) is 16.8 Å². The highest BCUT2D eigenvalue weighted by molar-refractivity contribution is 7.98. The molecule has 1 atom stereocenters. The van der Waals surface area contributed by atoms with Crippen LogP contribution in [0.1, 0.15) is 17.0 Å². The third-order valence-electron chi connectivity index (χ3n) is 2.97. The highest BCUT2D eigenvalue weighted by Crippen LogP contribution is 2.24. The zero-order chi connectivity index (χ0) is 14.4. The van der Waals surface area contributed by atoms with E-state index in [2.05, 4.69) is 0 Å². The van der Waals surface area contributed by atoms with Crippen molar-refractivity contribution in [3.8, 4) is 0 Å². The summed E-state index contributed by atoms with van der Waals surface area (Å²) in [5.74, 6) is 0.101. The van der Waals surface area contributed by atoms with Crippen LogP contribution in [0.2, 0.25) is 5.02 Å². The molecule has 0 aliphatic carbocycles. The van der Waals surface area contributed by atoms with Crippen LogP contribution in [0, 0.1) is 0 Å². The van der Waals surface area contributed by atoms with Gasteiger partial charge >= 0.3 is 5.97 Å². The molecule has 0 spiro atoms. The lowest BCUT2D eigenvalue weighted by Gasteiger charge is -2.12. The molecule has 0 radical (unpaired) electrons. The van der Waals surface area contributed by atoms with Gasteiger partial charge in [-0.05, 0) is 23.3 Å². The predicted molar refractivity (Wildman–Crippen MR) is 84.4 cm³/mol. The van der Waals surface area contributed by atoms with Gasteiger partial charge in [0.15, 0.2) is 0 Å². The van der Waals surface area contributed by atoms with E-state index in [-0.39, 0.29) is 0 Å². The van der Waals surface area contributed by atoms with Gasteiger partial charge in [0.05, 0.1) is 5.92 Å². The van der Waals surface area contributed by atoms with Crippen molar-refractivity contribution in [1.82, 2.24) is 0 Å². The Bertz CT molecular complexity index is 554. The van der Waals surface area contributed by atoms with Crippen molar-refractivity contribution in [2.24, 2.45) is 0 Å². The van der Waals surface area contributed by atoms with Gasteiger partial charge in [0, 0.05) is 16.5 Å². The molecule has 4 heteroatoms. The highest BCUT2D eigenvalue weighted by atomic mass is 35.5. The number of carboxylic acids is 1. The van der Waals surface area contributed by atoms with Gasteiger partial charge in [0.2, 0.25) is 0 Å². The van der Waals surface area contributed by atoms with Gasteiger partial charge in [-0.3, -0.25) is 4.79 Å². The molecule has 104 valence electrons. The number of halogens is 1. The van der Waals surface area contributed by atoms with Gasteiger partial charge in [-0.15, -0.1) is 0 Å². The minimum Gasteiger partial charge on any atom is -0.481 e. The SMILES string of the molecule is O=C(O)C(CSCc1ccc(Cl)cc1)c1ccccc1. The molecular formula is C16H15ClO2S. The lowest BCUT2D eigenvalue weighted by Crippen LogP contribution is -2.14. The third-order valence-corrected chi connectivity index (χ3v) is 4.33. The number of thioether (sulfide) groups is 1. The number of aliphatic carboxylic acids is 1. The number of carboxylic acid groups (broad SMARTS) is 1. The van der Waals surface area contributed by atoms with E-state index in [9.17, 15) is 9.90 Å². The number of hydrogen-bond acceptors (Lipinski definition) is 2. The predicted octanol–water partition coefficient (Wildman–Crippen LogP) is 4.44. The van der Waals surface area contributed by atoms with Gasteiger partial charge in [-0.25, -0.2) is 0 Å². The van der Waals surface area contributed by atoms with E-state index < -0.39 is 11.9 Å². The van der Waals surface area contributed by atoms with Crippen molar-refractivity contribution >= 4 is 29.3 Å². The topological polar surface area (TPSA) is 37.3 Å². The maximum atomic E-state index is 11.4. The minimum atomic E-state index is -0.778. The smallest absolute Gasteiger partial charge is 0.311 e. The molecule has 0 bridgehead atoms. The molecular weight excluding hydrogens is 292 g/mol. The Kier molecular flexibility index (Phi) is 5.50. The maximum Gasteiger partial charge on any atom is 0.311 e. The van der Waals surface area contributed by atoms with Crippen LogP contribution in [0.4, 0.5) is 0 Å². The highest BCUT2D eigenvalue weighted by Gasteiger charge is 2.19. The summed E-state index contributed by atoms with van der Waals surface area (Å²) in [6, 6.07) is 17.0. The second-order valence-electron chi connectivity index (χ2n) is 4.44. The van der Waals surface area contributed by atoms with Gasteiger partial charge in [0.1, 0.15) is 0 Å². The fraction of sp³-hybridized carbons (Fsp3) is 0.188. The number of benzene rings is 2. The Balaban J connectivity index is 1.93. The van der Waals surface area contributed by atoms with Gasteiger partial charge < -0.3 is 5.11 Å². The standard InChI is InChI=1S/C16H15ClO2S/c17-14-8-6-12(7-9-14)10-20-11-15(16(18)19)13-4-2-1-3-5-13/h1-9,15H,10-11H2,(H,18,19). The second-order valence-corrected chi connectivity index (χ2v) is 5.91. The van der Waals surface area contributed by atoms with Crippen LogP contribution in [0.25, 0.3) is 0 Å². The summed E-state index contributed by atoms with van der Waals surface area (Å²) >= 11 is 7.45. The quantitative estimate of drug-likeness (QED) is 0.857. The molecule has 2 aromatic carbocycles. The average molecular weight is 307 g/mol. The molecule has 0 amide bonds. The van der Waals surface area contributed by atoms with Crippen LogP contribution < -0.4 is 0 Å². The maximum absolute atomic E-state index is 11.4. The summed E-state index contributed by atoms with van der Waals surface area (Å²) in [6.07, 6.45) is 0.